The van der Waals surface area contributed by atoms with Gasteiger partial charge in [-0.05, 0) is 19.8 Å². The third-order valence-corrected chi connectivity index (χ3v) is 4.54. The summed E-state index contributed by atoms with van der Waals surface area (Å²) in [4.78, 5) is 0. The normalized spacial score (nSPS) is 31.1. The van der Waals surface area contributed by atoms with Crippen molar-refractivity contribution in [2.75, 3.05) is 19.9 Å². The molecule has 4 heteroatoms. The van der Waals surface area contributed by atoms with Crippen molar-refractivity contribution < 1.29 is 8.95 Å². The summed E-state index contributed by atoms with van der Waals surface area (Å²) in [6.45, 7) is 2.85. The largest absolute Gasteiger partial charge is 0.380 e. The summed E-state index contributed by atoms with van der Waals surface area (Å²) < 4.78 is 16.7. The zero-order valence-electron chi connectivity index (χ0n) is 9.99. The van der Waals surface area contributed by atoms with E-state index in [-0.39, 0.29) is 5.25 Å². The van der Waals surface area contributed by atoms with E-state index in [1.54, 1.807) is 13.4 Å². The Morgan fingerprint density at radius 3 is 2.73 bits per heavy atom. The van der Waals surface area contributed by atoms with Gasteiger partial charge in [-0.3, -0.25) is 4.21 Å². The van der Waals surface area contributed by atoms with Crippen LogP contribution >= 0.6 is 0 Å². The second kappa shape index (κ2) is 6.61. The van der Waals surface area contributed by atoms with Crippen LogP contribution in [0.1, 0.15) is 32.6 Å². The molecule has 90 valence electrons. The second-order valence-electron chi connectivity index (χ2n) is 4.38. The van der Waals surface area contributed by atoms with Crippen LogP contribution < -0.4 is 5.32 Å². The van der Waals surface area contributed by atoms with E-state index in [4.69, 9.17) is 4.74 Å². The van der Waals surface area contributed by atoms with Gasteiger partial charge in [0, 0.05) is 42.0 Å². The monoisotopic (exact) mass is 233 g/mol. The zero-order valence-corrected chi connectivity index (χ0v) is 10.8. The lowest BCUT2D eigenvalue weighted by Gasteiger charge is -2.31. The van der Waals surface area contributed by atoms with Gasteiger partial charge in [0.15, 0.2) is 0 Å². The average Bonchev–Trinajstić information content (AvgIpc) is 2.26. The quantitative estimate of drug-likeness (QED) is 0.778. The van der Waals surface area contributed by atoms with Crippen LogP contribution in [0.5, 0.6) is 0 Å². The number of ether oxygens (including phenoxy) is 1. The molecule has 0 spiro atoms. The number of rotatable bonds is 5. The molecule has 0 aromatic carbocycles. The highest BCUT2D eigenvalue weighted by Gasteiger charge is 2.24. The van der Waals surface area contributed by atoms with Crippen molar-refractivity contribution in [1.82, 2.24) is 5.32 Å². The molecule has 0 bridgehead atoms. The van der Waals surface area contributed by atoms with Gasteiger partial charge in [0.25, 0.3) is 0 Å². The molecule has 3 nitrogen and oxygen atoms in total. The molecule has 1 fully saturated rings. The van der Waals surface area contributed by atoms with E-state index in [0.717, 1.165) is 13.0 Å². The van der Waals surface area contributed by atoms with Crippen LogP contribution in [0.25, 0.3) is 0 Å². The molecule has 0 aliphatic heterocycles. The Bertz CT molecular complexity index is 211. The maximum Gasteiger partial charge on any atom is 0.0724 e. The highest BCUT2D eigenvalue weighted by Crippen LogP contribution is 2.20. The predicted molar refractivity (Wildman–Crippen MR) is 64.6 cm³/mol. The van der Waals surface area contributed by atoms with E-state index >= 15 is 0 Å². The lowest BCUT2D eigenvalue weighted by atomic mass is 9.92. The minimum absolute atomic E-state index is 0.226. The van der Waals surface area contributed by atoms with Gasteiger partial charge in [-0.1, -0.05) is 12.8 Å². The molecule has 0 heterocycles. The van der Waals surface area contributed by atoms with Crippen LogP contribution in [0.4, 0.5) is 0 Å². The van der Waals surface area contributed by atoms with Crippen LogP contribution in [0.2, 0.25) is 0 Å². The van der Waals surface area contributed by atoms with Crippen LogP contribution in [0, 0.1) is 0 Å². The Balaban J connectivity index is 2.32. The lowest BCUT2D eigenvalue weighted by molar-refractivity contribution is 0.0421. The number of nitrogens with one attached hydrogen (secondary N) is 1. The van der Waals surface area contributed by atoms with Crippen molar-refractivity contribution in [3.63, 3.8) is 0 Å². The van der Waals surface area contributed by atoms with E-state index < -0.39 is 10.8 Å². The molecule has 15 heavy (non-hydrogen) atoms. The van der Waals surface area contributed by atoms with Crippen LogP contribution in [0.3, 0.4) is 0 Å². The fourth-order valence-electron chi connectivity index (χ4n) is 2.05. The van der Waals surface area contributed by atoms with Crippen molar-refractivity contribution >= 4 is 10.8 Å². The lowest BCUT2D eigenvalue weighted by Crippen LogP contribution is -2.45. The third kappa shape index (κ3) is 4.21. The molecule has 4 unspecified atom stereocenters. The van der Waals surface area contributed by atoms with Crippen molar-refractivity contribution in [1.29, 1.82) is 0 Å². The van der Waals surface area contributed by atoms with E-state index in [9.17, 15) is 4.21 Å². The Morgan fingerprint density at radius 1 is 1.47 bits per heavy atom. The van der Waals surface area contributed by atoms with Crippen molar-refractivity contribution in [2.24, 2.45) is 0 Å². The summed E-state index contributed by atoms with van der Waals surface area (Å²) in [7, 11) is 1.05. The van der Waals surface area contributed by atoms with Gasteiger partial charge in [0.2, 0.25) is 0 Å². The number of hydrogen-bond acceptors (Lipinski definition) is 3. The summed E-state index contributed by atoms with van der Waals surface area (Å²) in [6, 6.07) is 0.453. The molecule has 1 aliphatic carbocycles. The van der Waals surface area contributed by atoms with E-state index in [1.807, 2.05) is 6.92 Å². The molecule has 1 aliphatic rings. The Kier molecular flexibility index (Phi) is 5.79. The van der Waals surface area contributed by atoms with Crippen LogP contribution in [-0.4, -0.2) is 41.5 Å². The number of hydrogen-bond donors (Lipinski definition) is 1. The van der Waals surface area contributed by atoms with E-state index in [0.29, 0.717) is 12.1 Å². The standard InChI is InChI=1S/C11H23NO2S/c1-9(15(3)13)8-12-10-6-4-5-7-11(10)14-2/h9-12H,4-8H2,1-3H3. The van der Waals surface area contributed by atoms with Crippen molar-refractivity contribution in [2.45, 2.75) is 50.0 Å². The molecule has 0 amide bonds. The van der Waals surface area contributed by atoms with Gasteiger partial charge in [0.05, 0.1) is 6.10 Å². The fourth-order valence-corrected chi connectivity index (χ4v) is 2.38. The first-order valence-electron chi connectivity index (χ1n) is 5.73. The Hall–Kier alpha value is 0.0700. The predicted octanol–water partition coefficient (Wildman–Crippen LogP) is 1.30. The summed E-state index contributed by atoms with van der Waals surface area (Å²) >= 11 is 0. The summed E-state index contributed by atoms with van der Waals surface area (Å²) in [5.41, 5.74) is 0. The molecule has 1 N–H and O–H groups in total. The smallest absolute Gasteiger partial charge is 0.0724 e. The highest BCUT2D eigenvalue weighted by atomic mass is 32.2. The number of methoxy groups -OCH3 is 1. The minimum atomic E-state index is -0.731. The summed E-state index contributed by atoms with van der Waals surface area (Å²) in [5, 5.41) is 3.71. The molecular formula is C11H23NO2S. The maximum atomic E-state index is 11.2. The third-order valence-electron chi connectivity index (χ3n) is 3.24. The molecule has 0 aromatic heterocycles. The Morgan fingerprint density at radius 2 is 2.13 bits per heavy atom. The van der Waals surface area contributed by atoms with Crippen molar-refractivity contribution in [3.05, 3.63) is 0 Å². The molecular weight excluding hydrogens is 210 g/mol. The van der Waals surface area contributed by atoms with Gasteiger partial charge in [-0.15, -0.1) is 0 Å². The zero-order chi connectivity index (χ0) is 11.3. The summed E-state index contributed by atoms with van der Waals surface area (Å²) in [5.74, 6) is 0. The molecule has 0 saturated heterocycles. The SMILES string of the molecule is COC1CCCCC1NCC(C)S(C)=O. The molecule has 0 aromatic rings. The first-order chi connectivity index (χ1) is 7.15. The molecule has 1 rings (SSSR count). The van der Waals surface area contributed by atoms with Gasteiger partial charge in [-0.25, -0.2) is 0 Å². The Labute approximate surface area is 95.4 Å². The van der Waals surface area contributed by atoms with Gasteiger partial charge >= 0.3 is 0 Å². The van der Waals surface area contributed by atoms with Gasteiger partial charge < -0.3 is 10.1 Å². The van der Waals surface area contributed by atoms with Gasteiger partial charge in [0.1, 0.15) is 0 Å². The molecule has 1 saturated carbocycles. The van der Waals surface area contributed by atoms with E-state index in [2.05, 4.69) is 5.32 Å². The summed E-state index contributed by atoms with van der Waals surface area (Å²) in [6.07, 6.45) is 6.99. The van der Waals surface area contributed by atoms with Crippen LogP contribution in [0.15, 0.2) is 0 Å². The highest BCUT2D eigenvalue weighted by molar-refractivity contribution is 7.84. The van der Waals surface area contributed by atoms with E-state index in [1.165, 1.54) is 19.3 Å². The minimum Gasteiger partial charge on any atom is -0.380 e. The maximum absolute atomic E-state index is 11.2. The molecule has 0 radical (unpaired) electrons. The van der Waals surface area contributed by atoms with Gasteiger partial charge in [-0.2, -0.15) is 0 Å². The van der Waals surface area contributed by atoms with Crippen molar-refractivity contribution in [3.8, 4) is 0 Å². The first-order valence-corrected chi connectivity index (χ1v) is 7.35. The van der Waals surface area contributed by atoms with Crippen LogP contribution in [-0.2, 0) is 15.5 Å². The second-order valence-corrected chi connectivity index (χ2v) is 6.18. The topological polar surface area (TPSA) is 38.3 Å². The molecule has 4 atom stereocenters. The first kappa shape index (κ1) is 13.1. The fraction of sp³-hybridized carbons (Fsp3) is 1.00. The average molecular weight is 233 g/mol.